The Morgan fingerprint density at radius 1 is 1.29 bits per heavy atom. The maximum Gasteiger partial charge on any atom is 0.262 e. The van der Waals surface area contributed by atoms with Gasteiger partial charge in [0.05, 0.1) is 24.9 Å². The zero-order chi connectivity index (χ0) is 19.8. The lowest BCUT2D eigenvalue weighted by atomic mass is 9.97. The van der Waals surface area contributed by atoms with Crippen LogP contribution in [-0.4, -0.2) is 33.6 Å². The topological polar surface area (TPSA) is 66.1 Å². The Morgan fingerprint density at radius 3 is 2.86 bits per heavy atom. The van der Waals surface area contributed by atoms with Crippen LogP contribution in [-0.2, 0) is 30.7 Å². The lowest BCUT2D eigenvalue weighted by Gasteiger charge is -2.11. The largest absolute Gasteiger partial charge is 0.383 e. The third kappa shape index (κ3) is 3.22. The third-order valence-electron chi connectivity index (χ3n) is 5.65. The molecule has 1 aliphatic carbocycles. The van der Waals surface area contributed by atoms with Crippen molar-refractivity contribution in [2.24, 2.45) is 0 Å². The van der Waals surface area contributed by atoms with Crippen molar-refractivity contribution < 1.29 is 9.53 Å². The minimum Gasteiger partial charge on any atom is -0.383 e. The van der Waals surface area contributed by atoms with E-state index in [1.54, 1.807) is 18.4 Å². The van der Waals surface area contributed by atoms with E-state index in [0.717, 1.165) is 46.4 Å². The van der Waals surface area contributed by atoms with E-state index in [-0.39, 0.29) is 17.9 Å². The molecule has 0 saturated carbocycles. The van der Waals surface area contributed by atoms with Gasteiger partial charge >= 0.3 is 0 Å². The number of hydrogen-bond acceptors (Lipinski definition) is 5. The molecule has 148 valence electrons. The fourth-order valence-corrected chi connectivity index (χ4v) is 5.36. The Labute approximate surface area is 167 Å². The molecule has 0 aromatic carbocycles. The van der Waals surface area contributed by atoms with Crippen molar-refractivity contribution in [2.45, 2.75) is 52.6 Å². The predicted molar refractivity (Wildman–Crippen MR) is 111 cm³/mol. The van der Waals surface area contributed by atoms with E-state index < -0.39 is 0 Å². The highest BCUT2D eigenvalue weighted by atomic mass is 32.1. The summed E-state index contributed by atoms with van der Waals surface area (Å²) < 4.78 is 8.70. The number of hydrogen-bond donors (Lipinski definition) is 0. The molecule has 0 fully saturated rings. The van der Waals surface area contributed by atoms with Gasteiger partial charge in [0.25, 0.3) is 5.56 Å². The van der Waals surface area contributed by atoms with Crippen LogP contribution in [0, 0.1) is 13.8 Å². The van der Waals surface area contributed by atoms with Gasteiger partial charge in [-0.15, -0.1) is 11.3 Å². The van der Waals surface area contributed by atoms with Gasteiger partial charge in [-0.05, 0) is 51.2 Å². The fourth-order valence-electron chi connectivity index (χ4n) is 4.14. The van der Waals surface area contributed by atoms with Crippen LogP contribution >= 0.6 is 11.3 Å². The van der Waals surface area contributed by atoms with Crippen molar-refractivity contribution in [3.8, 4) is 0 Å². The molecular formula is C21H25N3O3S. The van der Waals surface area contributed by atoms with Crippen LogP contribution < -0.4 is 5.56 Å². The summed E-state index contributed by atoms with van der Waals surface area (Å²) in [5.74, 6) is -0.0656. The lowest BCUT2D eigenvalue weighted by molar-refractivity contribution is 0.0969. The minimum absolute atomic E-state index is 0.0148. The van der Waals surface area contributed by atoms with E-state index in [1.165, 1.54) is 22.2 Å². The average Bonchev–Trinajstić information content (AvgIpc) is 3.20. The summed E-state index contributed by atoms with van der Waals surface area (Å²) in [6.07, 6.45) is 5.77. The average molecular weight is 400 g/mol. The van der Waals surface area contributed by atoms with Crippen LogP contribution in [0.3, 0.4) is 0 Å². The van der Waals surface area contributed by atoms with Crippen molar-refractivity contribution >= 4 is 27.3 Å². The van der Waals surface area contributed by atoms with E-state index in [4.69, 9.17) is 4.74 Å². The summed E-state index contributed by atoms with van der Waals surface area (Å²) in [6, 6.07) is 1.90. The second-order valence-corrected chi connectivity index (χ2v) is 8.50. The van der Waals surface area contributed by atoms with Crippen LogP contribution in [0.2, 0.25) is 0 Å². The molecule has 0 unspecified atom stereocenters. The van der Waals surface area contributed by atoms with E-state index in [0.29, 0.717) is 18.7 Å². The van der Waals surface area contributed by atoms with E-state index in [2.05, 4.69) is 9.55 Å². The molecule has 7 heteroatoms. The quantitative estimate of drug-likeness (QED) is 0.597. The highest BCUT2D eigenvalue weighted by Gasteiger charge is 2.21. The molecule has 0 atom stereocenters. The Bertz CT molecular complexity index is 1110. The van der Waals surface area contributed by atoms with Crippen molar-refractivity contribution in [1.82, 2.24) is 14.1 Å². The molecule has 1 aliphatic rings. The van der Waals surface area contributed by atoms with Crippen LogP contribution in [0.5, 0.6) is 0 Å². The lowest BCUT2D eigenvalue weighted by Crippen LogP contribution is -2.25. The molecular weight excluding hydrogens is 374 g/mol. The molecule has 28 heavy (non-hydrogen) atoms. The standard InChI is InChI=1S/C21H25N3O3S/c1-13-10-16(14(2)24(13)8-9-27-3)17(25)11-23-12-22-20-19(21(23)26)15-6-4-5-7-18(15)28-20/h10,12H,4-9,11H2,1-3H3. The first-order valence-corrected chi connectivity index (χ1v) is 10.5. The summed E-state index contributed by atoms with van der Waals surface area (Å²) in [5, 5.41) is 0.723. The summed E-state index contributed by atoms with van der Waals surface area (Å²) in [5.41, 5.74) is 3.66. The molecule has 3 aromatic heterocycles. The molecule has 0 amide bonds. The summed E-state index contributed by atoms with van der Waals surface area (Å²) in [4.78, 5) is 32.6. The Hall–Kier alpha value is -2.25. The summed E-state index contributed by atoms with van der Waals surface area (Å²) in [7, 11) is 1.67. The summed E-state index contributed by atoms with van der Waals surface area (Å²) >= 11 is 1.63. The molecule has 0 radical (unpaired) electrons. The molecule has 6 nitrogen and oxygen atoms in total. The molecule has 0 aliphatic heterocycles. The van der Waals surface area contributed by atoms with Gasteiger partial charge in [-0.1, -0.05) is 0 Å². The van der Waals surface area contributed by atoms with Gasteiger partial charge in [-0.3, -0.25) is 14.2 Å². The van der Waals surface area contributed by atoms with Crippen molar-refractivity contribution in [1.29, 1.82) is 0 Å². The molecule has 4 rings (SSSR count). The van der Waals surface area contributed by atoms with E-state index >= 15 is 0 Å². The maximum atomic E-state index is 13.1. The van der Waals surface area contributed by atoms with E-state index in [1.807, 2.05) is 19.9 Å². The number of aromatic nitrogens is 3. The molecule has 0 bridgehead atoms. The zero-order valence-corrected chi connectivity index (χ0v) is 17.4. The number of carbonyl (C=O) groups is 1. The van der Waals surface area contributed by atoms with Crippen LogP contribution in [0.4, 0.5) is 0 Å². The molecule has 3 aromatic rings. The number of rotatable bonds is 6. The molecule has 0 spiro atoms. The Morgan fingerprint density at radius 2 is 2.07 bits per heavy atom. The third-order valence-corrected chi connectivity index (χ3v) is 6.85. The highest BCUT2D eigenvalue weighted by molar-refractivity contribution is 7.18. The molecule has 0 N–H and O–H groups in total. The molecule has 0 saturated heterocycles. The summed E-state index contributed by atoms with van der Waals surface area (Å²) in [6.45, 7) is 5.23. The SMILES string of the molecule is COCCn1c(C)cc(C(=O)Cn2cnc3sc4c(c3c2=O)CCCC4)c1C. The van der Waals surface area contributed by atoms with Crippen molar-refractivity contribution in [3.05, 3.63) is 50.1 Å². The van der Waals surface area contributed by atoms with Crippen molar-refractivity contribution in [2.75, 3.05) is 13.7 Å². The number of thiophene rings is 1. The Kier molecular flexibility index (Phi) is 5.21. The van der Waals surface area contributed by atoms with Crippen molar-refractivity contribution in [3.63, 3.8) is 0 Å². The number of carbonyl (C=O) groups excluding carboxylic acids is 1. The number of aryl methyl sites for hydroxylation is 3. The highest BCUT2D eigenvalue weighted by Crippen LogP contribution is 2.33. The number of methoxy groups -OCH3 is 1. The first-order chi connectivity index (χ1) is 13.5. The minimum atomic E-state index is -0.0917. The number of Topliss-reactive ketones (excluding diaryl/α,β-unsaturated/α-hetero) is 1. The van der Waals surface area contributed by atoms with Gasteiger partial charge in [0.1, 0.15) is 4.83 Å². The normalized spacial score (nSPS) is 13.8. The van der Waals surface area contributed by atoms with Gasteiger partial charge in [0.15, 0.2) is 5.78 Å². The van der Waals surface area contributed by atoms with Gasteiger partial charge < -0.3 is 9.30 Å². The smallest absolute Gasteiger partial charge is 0.262 e. The first-order valence-electron chi connectivity index (χ1n) is 9.69. The first kappa shape index (κ1) is 19.1. The van der Waals surface area contributed by atoms with Gasteiger partial charge in [0, 0.05) is 35.5 Å². The van der Waals surface area contributed by atoms with Gasteiger partial charge in [-0.2, -0.15) is 0 Å². The predicted octanol–water partition coefficient (Wildman–Crippen LogP) is 3.28. The van der Waals surface area contributed by atoms with Crippen LogP contribution in [0.1, 0.15) is 45.0 Å². The number of ether oxygens (including phenoxy) is 1. The zero-order valence-electron chi connectivity index (χ0n) is 16.6. The monoisotopic (exact) mass is 399 g/mol. The maximum absolute atomic E-state index is 13.1. The van der Waals surface area contributed by atoms with Crippen LogP contribution in [0.25, 0.3) is 10.2 Å². The Balaban J connectivity index is 1.66. The number of ketones is 1. The second kappa shape index (κ2) is 7.64. The van der Waals surface area contributed by atoms with E-state index in [9.17, 15) is 9.59 Å². The van der Waals surface area contributed by atoms with Crippen LogP contribution in [0.15, 0.2) is 17.2 Å². The van der Waals surface area contributed by atoms with Gasteiger partial charge in [0.2, 0.25) is 0 Å². The second-order valence-electron chi connectivity index (χ2n) is 7.42. The fraction of sp³-hybridized carbons (Fsp3) is 0.476. The molecule has 3 heterocycles. The number of fused-ring (bicyclic) bond motifs is 3. The van der Waals surface area contributed by atoms with Gasteiger partial charge in [-0.25, -0.2) is 4.98 Å². The number of nitrogens with zero attached hydrogens (tertiary/aromatic N) is 3.